The fourth-order valence-electron chi connectivity index (χ4n) is 3.76. The first-order valence-electron chi connectivity index (χ1n) is 9.85. The summed E-state index contributed by atoms with van der Waals surface area (Å²) >= 11 is 0. The first-order valence-corrected chi connectivity index (χ1v) is 9.85. The van der Waals surface area contributed by atoms with E-state index in [1.807, 2.05) is 6.92 Å². The molecular formula is C23H26ClFN4O. The second kappa shape index (κ2) is 9.41. The minimum atomic E-state index is -0.263. The van der Waals surface area contributed by atoms with Crippen molar-refractivity contribution in [1.82, 2.24) is 9.97 Å². The summed E-state index contributed by atoms with van der Waals surface area (Å²) in [6.45, 7) is 7.45. The number of aryl methyl sites for hydroxylation is 1. The van der Waals surface area contributed by atoms with Crippen LogP contribution in [0.15, 0.2) is 48.5 Å². The first kappa shape index (κ1) is 22.0. The number of aromatic nitrogens is 2. The summed E-state index contributed by atoms with van der Waals surface area (Å²) in [6.07, 6.45) is 0.993. The van der Waals surface area contributed by atoms with Gasteiger partial charge in [0.05, 0.1) is 12.6 Å². The highest BCUT2D eigenvalue weighted by atomic mass is 35.5. The van der Waals surface area contributed by atoms with Crippen LogP contribution in [0.3, 0.4) is 0 Å². The van der Waals surface area contributed by atoms with Gasteiger partial charge in [-0.25, -0.2) is 14.9 Å². The Morgan fingerprint density at radius 3 is 2.60 bits per heavy atom. The Morgan fingerprint density at radius 2 is 1.83 bits per heavy atom. The Labute approximate surface area is 182 Å². The monoisotopic (exact) mass is 428 g/mol. The molecule has 0 bridgehead atoms. The van der Waals surface area contributed by atoms with Gasteiger partial charge in [0.2, 0.25) is 5.95 Å². The van der Waals surface area contributed by atoms with Crippen LogP contribution >= 0.6 is 12.4 Å². The molecule has 0 fully saturated rings. The fraction of sp³-hybridized carbons (Fsp3) is 0.304. The highest BCUT2D eigenvalue weighted by Gasteiger charge is 2.26. The van der Waals surface area contributed by atoms with Crippen LogP contribution < -0.4 is 10.4 Å². The molecule has 0 saturated heterocycles. The van der Waals surface area contributed by atoms with Crippen molar-refractivity contribution >= 4 is 24.2 Å². The number of hydrogen-bond donors (Lipinski definition) is 1. The molecule has 0 aliphatic carbocycles. The van der Waals surface area contributed by atoms with E-state index in [2.05, 4.69) is 53.5 Å². The van der Waals surface area contributed by atoms with Crippen molar-refractivity contribution in [3.05, 3.63) is 82.3 Å². The molecule has 0 radical (unpaired) electrons. The molecule has 1 aromatic heterocycles. The van der Waals surface area contributed by atoms with E-state index < -0.39 is 0 Å². The standard InChI is InChI=1S/C23H25FN4O.ClH/c1-15-16(2)25-23(27-29-14-18-8-10-20(24)11-9-18)26-22(15)28-13-12-19-6-4-5-7-21(19)17(28)3;/h4-11,17H,12-14H2,1-3H3,(H,25,26,27);1H. The minimum Gasteiger partial charge on any atom is -0.349 e. The summed E-state index contributed by atoms with van der Waals surface area (Å²) in [6, 6.07) is 15.0. The van der Waals surface area contributed by atoms with Gasteiger partial charge in [0.25, 0.3) is 0 Å². The van der Waals surface area contributed by atoms with Crippen LogP contribution in [0, 0.1) is 19.7 Å². The average molecular weight is 429 g/mol. The van der Waals surface area contributed by atoms with Crippen LogP contribution in [0.1, 0.15) is 40.9 Å². The third-order valence-corrected chi connectivity index (χ3v) is 5.55. The molecule has 2 aromatic carbocycles. The van der Waals surface area contributed by atoms with Crippen LogP contribution in [0.25, 0.3) is 0 Å². The van der Waals surface area contributed by atoms with E-state index in [9.17, 15) is 4.39 Å². The van der Waals surface area contributed by atoms with Crippen molar-refractivity contribution in [3.63, 3.8) is 0 Å². The normalized spacial score (nSPS) is 15.3. The van der Waals surface area contributed by atoms with Gasteiger partial charge in [-0.15, -0.1) is 12.4 Å². The summed E-state index contributed by atoms with van der Waals surface area (Å²) in [5.74, 6) is 1.09. The Balaban J connectivity index is 0.00000256. The number of nitrogens with one attached hydrogen (secondary N) is 1. The van der Waals surface area contributed by atoms with Crippen molar-refractivity contribution in [2.45, 2.75) is 39.8 Å². The molecule has 0 saturated carbocycles. The van der Waals surface area contributed by atoms with Gasteiger partial charge < -0.3 is 4.90 Å². The third kappa shape index (κ3) is 4.55. The van der Waals surface area contributed by atoms with Crippen LogP contribution in [0.4, 0.5) is 16.2 Å². The summed E-state index contributed by atoms with van der Waals surface area (Å²) in [5.41, 5.74) is 8.44. The number of anilines is 2. The first-order chi connectivity index (χ1) is 14.0. The quantitative estimate of drug-likeness (QED) is 0.557. The summed E-state index contributed by atoms with van der Waals surface area (Å²) in [7, 11) is 0. The molecule has 158 valence electrons. The molecule has 2 heterocycles. The zero-order valence-corrected chi connectivity index (χ0v) is 18.2. The highest BCUT2D eigenvalue weighted by molar-refractivity contribution is 5.85. The van der Waals surface area contributed by atoms with Gasteiger partial charge in [0.15, 0.2) is 0 Å². The van der Waals surface area contributed by atoms with Gasteiger partial charge in [0.1, 0.15) is 11.6 Å². The van der Waals surface area contributed by atoms with E-state index in [1.54, 1.807) is 12.1 Å². The Kier molecular flexibility index (Phi) is 6.90. The van der Waals surface area contributed by atoms with Crippen LogP contribution in [-0.4, -0.2) is 16.5 Å². The van der Waals surface area contributed by atoms with Crippen molar-refractivity contribution in [3.8, 4) is 0 Å². The largest absolute Gasteiger partial charge is 0.349 e. The van der Waals surface area contributed by atoms with Crippen molar-refractivity contribution in [2.24, 2.45) is 0 Å². The smallest absolute Gasteiger partial charge is 0.249 e. The highest BCUT2D eigenvalue weighted by Crippen LogP contribution is 2.34. The summed E-state index contributed by atoms with van der Waals surface area (Å²) in [5, 5.41) is 0. The van der Waals surface area contributed by atoms with Crippen LogP contribution in [-0.2, 0) is 17.9 Å². The number of nitrogens with zero attached hydrogens (tertiary/aromatic N) is 3. The average Bonchev–Trinajstić information content (AvgIpc) is 2.73. The zero-order valence-electron chi connectivity index (χ0n) is 17.4. The van der Waals surface area contributed by atoms with Crippen molar-refractivity contribution in [2.75, 3.05) is 16.9 Å². The Bertz CT molecular complexity index is 1010. The minimum absolute atomic E-state index is 0. The maximum absolute atomic E-state index is 13.0. The predicted molar refractivity (Wildman–Crippen MR) is 119 cm³/mol. The fourth-order valence-corrected chi connectivity index (χ4v) is 3.76. The summed E-state index contributed by atoms with van der Waals surface area (Å²) < 4.78 is 13.0. The predicted octanol–water partition coefficient (Wildman–Crippen LogP) is 5.32. The molecule has 0 amide bonds. The second-order valence-corrected chi connectivity index (χ2v) is 7.42. The topological polar surface area (TPSA) is 50.3 Å². The van der Waals surface area contributed by atoms with E-state index in [4.69, 9.17) is 9.82 Å². The second-order valence-electron chi connectivity index (χ2n) is 7.42. The zero-order chi connectivity index (χ0) is 20.4. The van der Waals surface area contributed by atoms with E-state index in [0.717, 1.165) is 35.6 Å². The number of hydrogen-bond acceptors (Lipinski definition) is 5. The Morgan fingerprint density at radius 1 is 1.10 bits per heavy atom. The number of halogens is 2. The van der Waals surface area contributed by atoms with Crippen LogP contribution in [0.5, 0.6) is 0 Å². The lowest BCUT2D eigenvalue weighted by atomic mass is 9.93. The molecule has 0 spiro atoms. The molecule has 7 heteroatoms. The third-order valence-electron chi connectivity index (χ3n) is 5.55. The van der Waals surface area contributed by atoms with Crippen LogP contribution in [0.2, 0.25) is 0 Å². The van der Waals surface area contributed by atoms with E-state index in [-0.39, 0.29) is 24.3 Å². The molecule has 4 rings (SSSR count). The number of benzene rings is 2. The molecule has 1 aliphatic heterocycles. The maximum Gasteiger partial charge on any atom is 0.249 e. The number of fused-ring (bicyclic) bond motifs is 1. The van der Waals surface area contributed by atoms with Gasteiger partial charge in [-0.2, -0.15) is 4.98 Å². The van der Waals surface area contributed by atoms with Crippen molar-refractivity contribution < 1.29 is 9.23 Å². The molecule has 30 heavy (non-hydrogen) atoms. The number of rotatable bonds is 5. The van der Waals surface area contributed by atoms with E-state index >= 15 is 0 Å². The van der Waals surface area contributed by atoms with Gasteiger partial charge in [-0.1, -0.05) is 36.4 Å². The van der Waals surface area contributed by atoms with Crippen molar-refractivity contribution in [1.29, 1.82) is 0 Å². The SMILES string of the molecule is Cc1nc(NOCc2ccc(F)cc2)nc(N2CCc3ccccc3C2C)c1C.Cl. The Hall–Kier alpha value is -2.70. The molecule has 1 atom stereocenters. The lowest BCUT2D eigenvalue weighted by Gasteiger charge is -2.37. The van der Waals surface area contributed by atoms with E-state index in [1.165, 1.54) is 23.3 Å². The molecule has 1 aliphatic rings. The molecule has 3 aromatic rings. The van der Waals surface area contributed by atoms with Gasteiger partial charge >= 0.3 is 0 Å². The lowest BCUT2D eigenvalue weighted by Crippen LogP contribution is -2.35. The lowest BCUT2D eigenvalue weighted by molar-refractivity contribution is 0.177. The van der Waals surface area contributed by atoms with Gasteiger partial charge in [-0.05, 0) is 56.0 Å². The molecule has 1 unspecified atom stereocenters. The molecular weight excluding hydrogens is 403 g/mol. The van der Waals surface area contributed by atoms with Gasteiger partial charge in [0, 0.05) is 17.8 Å². The summed E-state index contributed by atoms with van der Waals surface area (Å²) in [4.78, 5) is 17.1. The van der Waals surface area contributed by atoms with E-state index in [0.29, 0.717) is 12.6 Å². The molecule has 5 nitrogen and oxygen atoms in total. The molecule has 1 N–H and O–H groups in total. The maximum atomic E-state index is 13.0. The van der Waals surface area contributed by atoms with Gasteiger partial charge in [-0.3, -0.25) is 4.84 Å².